The van der Waals surface area contributed by atoms with Gasteiger partial charge in [-0.05, 0) is 13.0 Å². The van der Waals surface area contributed by atoms with Gasteiger partial charge in [-0.3, -0.25) is 0 Å². The van der Waals surface area contributed by atoms with Crippen molar-refractivity contribution in [3.05, 3.63) is 35.5 Å². The molecule has 0 saturated heterocycles. The van der Waals surface area contributed by atoms with Crippen molar-refractivity contribution in [3.63, 3.8) is 0 Å². The number of aromatic nitrogens is 1. The van der Waals surface area contributed by atoms with Gasteiger partial charge in [-0.25, -0.2) is 4.79 Å². The molecular formula is C12H11NO2. The highest BCUT2D eigenvalue weighted by atomic mass is 16.5. The first-order chi connectivity index (χ1) is 7.20. The molecule has 1 unspecified atom stereocenters. The second kappa shape index (κ2) is 2.63. The highest BCUT2D eigenvalue weighted by molar-refractivity contribution is 6.07. The third-order valence-corrected chi connectivity index (χ3v) is 3.03. The maximum absolute atomic E-state index is 11.7. The van der Waals surface area contributed by atoms with Crippen LogP contribution in [0.4, 0.5) is 0 Å². The predicted molar refractivity (Wildman–Crippen MR) is 56.7 cm³/mol. The lowest BCUT2D eigenvalue weighted by Gasteiger charge is -2.06. The summed E-state index contributed by atoms with van der Waals surface area (Å²) in [5, 5.41) is 0.990. The Bertz CT molecular complexity index is 568. The van der Waals surface area contributed by atoms with Gasteiger partial charge in [0.05, 0.1) is 11.3 Å². The minimum atomic E-state index is -0.200. The number of aryl methyl sites for hydroxylation is 1. The zero-order chi connectivity index (χ0) is 10.6. The molecule has 0 spiro atoms. The van der Waals surface area contributed by atoms with Crippen molar-refractivity contribution in [1.29, 1.82) is 0 Å². The number of esters is 1. The first-order valence-corrected chi connectivity index (χ1v) is 4.98. The van der Waals surface area contributed by atoms with E-state index in [1.807, 2.05) is 42.8 Å². The van der Waals surface area contributed by atoms with Crippen molar-refractivity contribution in [3.8, 4) is 0 Å². The molecule has 0 amide bonds. The van der Waals surface area contributed by atoms with Crippen LogP contribution in [-0.4, -0.2) is 10.5 Å². The lowest BCUT2D eigenvalue weighted by atomic mass is 10.1. The summed E-state index contributed by atoms with van der Waals surface area (Å²) in [6, 6.07) is 7.91. The Kier molecular flexibility index (Phi) is 1.49. The molecule has 2 aromatic rings. The minimum absolute atomic E-state index is 0.134. The first-order valence-electron chi connectivity index (χ1n) is 4.98. The molecule has 0 aliphatic carbocycles. The van der Waals surface area contributed by atoms with E-state index in [0.717, 1.165) is 22.2 Å². The largest absolute Gasteiger partial charge is 0.453 e. The van der Waals surface area contributed by atoms with Gasteiger partial charge in [0.2, 0.25) is 0 Å². The highest BCUT2D eigenvalue weighted by Gasteiger charge is 2.33. The lowest BCUT2D eigenvalue weighted by Crippen LogP contribution is -2.00. The van der Waals surface area contributed by atoms with E-state index in [0.29, 0.717) is 0 Å². The fourth-order valence-electron chi connectivity index (χ4n) is 2.38. The summed E-state index contributed by atoms with van der Waals surface area (Å²) in [5.74, 6) is -0.200. The number of rotatable bonds is 0. The van der Waals surface area contributed by atoms with E-state index >= 15 is 0 Å². The van der Waals surface area contributed by atoms with Crippen LogP contribution in [0, 0.1) is 0 Å². The number of cyclic esters (lactones) is 1. The number of benzene rings is 1. The monoisotopic (exact) mass is 201 g/mol. The van der Waals surface area contributed by atoms with Gasteiger partial charge in [0.15, 0.2) is 0 Å². The number of carbonyl (C=O) groups excluding carboxylic acids is 1. The summed E-state index contributed by atoms with van der Waals surface area (Å²) >= 11 is 0. The summed E-state index contributed by atoms with van der Waals surface area (Å²) in [6.07, 6.45) is -0.134. The summed E-state index contributed by atoms with van der Waals surface area (Å²) in [5.41, 5.74) is 2.81. The highest BCUT2D eigenvalue weighted by Crippen LogP contribution is 2.36. The Labute approximate surface area is 87.3 Å². The van der Waals surface area contributed by atoms with Crippen LogP contribution in [0.25, 0.3) is 10.9 Å². The van der Waals surface area contributed by atoms with Crippen molar-refractivity contribution in [2.24, 2.45) is 7.05 Å². The van der Waals surface area contributed by atoms with Crippen LogP contribution in [0.3, 0.4) is 0 Å². The van der Waals surface area contributed by atoms with Crippen molar-refractivity contribution < 1.29 is 9.53 Å². The molecule has 1 aliphatic heterocycles. The average molecular weight is 201 g/mol. The number of ether oxygens (including phenoxy) is 1. The van der Waals surface area contributed by atoms with Crippen molar-refractivity contribution in [2.75, 3.05) is 0 Å². The van der Waals surface area contributed by atoms with Gasteiger partial charge in [0.25, 0.3) is 0 Å². The molecule has 3 heteroatoms. The molecule has 1 aromatic carbocycles. The zero-order valence-corrected chi connectivity index (χ0v) is 8.65. The molecular weight excluding hydrogens is 190 g/mol. The molecule has 3 rings (SSSR count). The summed E-state index contributed by atoms with van der Waals surface area (Å²) in [4.78, 5) is 11.7. The third kappa shape index (κ3) is 0.923. The summed E-state index contributed by atoms with van der Waals surface area (Å²) < 4.78 is 7.24. The van der Waals surface area contributed by atoms with E-state index in [-0.39, 0.29) is 12.1 Å². The smallest absolute Gasteiger partial charge is 0.341 e. The van der Waals surface area contributed by atoms with Crippen molar-refractivity contribution in [2.45, 2.75) is 13.0 Å². The molecule has 0 bridgehead atoms. The average Bonchev–Trinajstić information content (AvgIpc) is 2.68. The van der Waals surface area contributed by atoms with E-state index < -0.39 is 0 Å². The molecule has 3 nitrogen and oxygen atoms in total. The summed E-state index contributed by atoms with van der Waals surface area (Å²) in [6.45, 7) is 1.91. The van der Waals surface area contributed by atoms with Gasteiger partial charge in [-0.2, -0.15) is 0 Å². The van der Waals surface area contributed by atoms with Crippen LogP contribution in [0.2, 0.25) is 0 Å². The van der Waals surface area contributed by atoms with Crippen LogP contribution in [0.15, 0.2) is 24.3 Å². The van der Waals surface area contributed by atoms with Crippen LogP contribution >= 0.6 is 0 Å². The quantitative estimate of drug-likeness (QED) is 0.613. The molecule has 1 aliphatic rings. The Morgan fingerprint density at radius 1 is 1.33 bits per heavy atom. The molecule has 1 aromatic heterocycles. The van der Waals surface area contributed by atoms with Gasteiger partial charge in [0, 0.05) is 18.0 Å². The Hall–Kier alpha value is -1.77. The maximum atomic E-state index is 11.7. The Morgan fingerprint density at radius 3 is 2.87 bits per heavy atom. The van der Waals surface area contributed by atoms with Crippen LogP contribution in [0.1, 0.15) is 29.1 Å². The fraction of sp³-hybridized carbons (Fsp3) is 0.250. The predicted octanol–water partition coefficient (Wildman–Crippen LogP) is 2.41. The number of nitrogens with zero attached hydrogens (tertiary/aromatic N) is 1. The number of hydrogen-bond donors (Lipinski definition) is 0. The number of carbonyl (C=O) groups is 1. The number of para-hydroxylation sites is 1. The van der Waals surface area contributed by atoms with E-state index in [2.05, 4.69) is 0 Å². The Balaban J connectivity index is 2.50. The van der Waals surface area contributed by atoms with Gasteiger partial charge < -0.3 is 9.30 Å². The second-order valence-corrected chi connectivity index (χ2v) is 3.88. The van der Waals surface area contributed by atoms with E-state index in [1.54, 1.807) is 0 Å². The molecule has 15 heavy (non-hydrogen) atoms. The SMILES string of the molecule is CC1OC(=O)c2c1n(C)c1ccccc21. The molecule has 0 saturated carbocycles. The molecule has 0 N–H and O–H groups in total. The first kappa shape index (κ1) is 8.53. The van der Waals surface area contributed by atoms with Gasteiger partial charge in [0.1, 0.15) is 6.10 Å². The van der Waals surface area contributed by atoms with Crippen LogP contribution < -0.4 is 0 Å². The second-order valence-electron chi connectivity index (χ2n) is 3.88. The van der Waals surface area contributed by atoms with E-state index in [9.17, 15) is 4.79 Å². The van der Waals surface area contributed by atoms with Crippen molar-refractivity contribution >= 4 is 16.9 Å². The van der Waals surface area contributed by atoms with Crippen LogP contribution in [-0.2, 0) is 11.8 Å². The fourth-order valence-corrected chi connectivity index (χ4v) is 2.38. The molecule has 76 valence electrons. The number of hydrogen-bond acceptors (Lipinski definition) is 2. The normalized spacial score (nSPS) is 19.3. The topological polar surface area (TPSA) is 31.2 Å². The third-order valence-electron chi connectivity index (χ3n) is 3.03. The summed E-state index contributed by atoms with van der Waals surface area (Å²) in [7, 11) is 1.97. The Morgan fingerprint density at radius 2 is 2.07 bits per heavy atom. The molecule has 0 fully saturated rings. The van der Waals surface area contributed by atoms with Crippen LogP contribution in [0.5, 0.6) is 0 Å². The lowest BCUT2D eigenvalue weighted by molar-refractivity contribution is 0.0415. The maximum Gasteiger partial charge on any atom is 0.341 e. The zero-order valence-electron chi connectivity index (χ0n) is 8.65. The van der Waals surface area contributed by atoms with E-state index in [1.165, 1.54) is 0 Å². The van der Waals surface area contributed by atoms with Crippen molar-refractivity contribution in [1.82, 2.24) is 4.57 Å². The van der Waals surface area contributed by atoms with Gasteiger partial charge in [-0.1, -0.05) is 18.2 Å². The van der Waals surface area contributed by atoms with Gasteiger partial charge >= 0.3 is 5.97 Å². The minimum Gasteiger partial charge on any atom is -0.453 e. The van der Waals surface area contributed by atoms with Gasteiger partial charge in [-0.15, -0.1) is 0 Å². The molecule has 0 radical (unpaired) electrons. The molecule has 1 atom stereocenters. The molecule has 2 heterocycles. The standard InChI is InChI=1S/C12H11NO2/c1-7-11-10(12(14)15-7)8-5-3-4-6-9(8)13(11)2/h3-7H,1-2H3. The van der Waals surface area contributed by atoms with E-state index in [4.69, 9.17) is 4.74 Å². The number of fused-ring (bicyclic) bond motifs is 3.